The van der Waals surface area contributed by atoms with Gasteiger partial charge in [0, 0.05) is 37.9 Å². The molecule has 0 bridgehead atoms. The van der Waals surface area contributed by atoms with E-state index in [-0.39, 0.29) is 24.4 Å². The van der Waals surface area contributed by atoms with E-state index < -0.39 is 0 Å². The van der Waals surface area contributed by atoms with Crippen molar-refractivity contribution in [1.29, 1.82) is 0 Å². The monoisotopic (exact) mass is 296 g/mol. The van der Waals surface area contributed by atoms with Crippen LogP contribution in [-0.4, -0.2) is 25.2 Å². The first-order valence-corrected chi connectivity index (χ1v) is 7.04. The molecule has 0 aromatic heterocycles. The average molecular weight is 297 g/mol. The molecule has 2 N–H and O–H groups in total. The molecule has 1 aromatic rings. The Hall–Kier alpha value is -1.10. The Morgan fingerprint density at radius 1 is 1.20 bits per heavy atom. The summed E-state index contributed by atoms with van der Waals surface area (Å²) < 4.78 is 5.41. The topological polar surface area (TPSA) is 50.4 Å². The van der Waals surface area contributed by atoms with Crippen molar-refractivity contribution in [1.82, 2.24) is 10.6 Å². The maximum absolute atomic E-state index is 12.3. The van der Waals surface area contributed by atoms with Gasteiger partial charge in [0.15, 0.2) is 0 Å². The minimum Gasteiger partial charge on any atom is -0.381 e. The zero-order valence-corrected chi connectivity index (χ0v) is 12.3. The smallest absolute Gasteiger partial charge is 0.251 e. The molecule has 1 atom stereocenters. The number of hydrogen-bond donors (Lipinski definition) is 2. The largest absolute Gasteiger partial charge is 0.381 e. The maximum atomic E-state index is 12.3. The quantitative estimate of drug-likeness (QED) is 0.878. The summed E-state index contributed by atoms with van der Waals surface area (Å²) in [4.78, 5) is 12.3. The van der Waals surface area contributed by atoms with E-state index in [4.69, 9.17) is 4.74 Å². The first kappa shape index (κ1) is 15.3. The summed E-state index contributed by atoms with van der Waals surface area (Å²) in [6, 6.07) is 6.24. The van der Waals surface area contributed by atoms with Crippen LogP contribution >= 0.6 is 12.4 Å². The van der Waals surface area contributed by atoms with Gasteiger partial charge in [-0.2, -0.15) is 0 Å². The maximum Gasteiger partial charge on any atom is 0.251 e. The first-order valence-electron chi connectivity index (χ1n) is 7.04. The van der Waals surface area contributed by atoms with Gasteiger partial charge in [-0.15, -0.1) is 12.4 Å². The summed E-state index contributed by atoms with van der Waals surface area (Å²) in [5.41, 5.74) is 3.32. The molecule has 20 heavy (non-hydrogen) atoms. The minimum atomic E-state index is 0. The molecule has 2 heterocycles. The van der Waals surface area contributed by atoms with Crippen LogP contribution in [0.5, 0.6) is 0 Å². The molecule has 1 amide bonds. The number of carbonyl (C=O) groups is 1. The van der Waals surface area contributed by atoms with Crippen molar-refractivity contribution in [2.75, 3.05) is 13.2 Å². The van der Waals surface area contributed by atoms with E-state index in [0.29, 0.717) is 0 Å². The standard InChI is InChI=1S/C15H20N2O2.ClH/c18-15(17-14-2-1-6-19-7-5-14)11-3-4-12-9-16-10-13(12)8-11;/h3-4,8,14,16H,1-2,5-7,9-10H2,(H,17,18);1H. The molecule has 2 aliphatic rings. The fourth-order valence-corrected chi connectivity index (χ4v) is 2.75. The molecule has 110 valence electrons. The van der Waals surface area contributed by atoms with Gasteiger partial charge in [-0.1, -0.05) is 6.07 Å². The second-order valence-corrected chi connectivity index (χ2v) is 5.30. The van der Waals surface area contributed by atoms with Gasteiger partial charge in [-0.3, -0.25) is 4.79 Å². The molecule has 0 radical (unpaired) electrons. The number of halogens is 1. The lowest BCUT2D eigenvalue weighted by Gasteiger charge is -2.16. The van der Waals surface area contributed by atoms with Crippen LogP contribution in [0.15, 0.2) is 18.2 Å². The first-order chi connectivity index (χ1) is 9.33. The molecule has 1 fully saturated rings. The summed E-state index contributed by atoms with van der Waals surface area (Å²) in [7, 11) is 0. The predicted octanol–water partition coefficient (Wildman–Crippen LogP) is 2.01. The van der Waals surface area contributed by atoms with Crippen molar-refractivity contribution in [2.24, 2.45) is 0 Å². The van der Waals surface area contributed by atoms with E-state index in [2.05, 4.69) is 16.7 Å². The Balaban J connectivity index is 0.00000147. The highest BCUT2D eigenvalue weighted by molar-refractivity contribution is 5.94. The van der Waals surface area contributed by atoms with Crippen LogP contribution in [0.1, 0.15) is 40.7 Å². The van der Waals surface area contributed by atoms with Crippen LogP contribution in [0.3, 0.4) is 0 Å². The molecule has 1 saturated heterocycles. The van der Waals surface area contributed by atoms with Crippen LogP contribution in [0.25, 0.3) is 0 Å². The number of fused-ring (bicyclic) bond motifs is 1. The zero-order chi connectivity index (χ0) is 13.1. The SMILES string of the molecule is Cl.O=C(NC1CCCOCC1)c1ccc2c(c1)CNC2. The van der Waals surface area contributed by atoms with E-state index in [9.17, 15) is 4.79 Å². The highest BCUT2D eigenvalue weighted by Crippen LogP contribution is 2.17. The Kier molecular flexibility index (Phi) is 5.40. The van der Waals surface area contributed by atoms with E-state index in [1.807, 2.05) is 12.1 Å². The van der Waals surface area contributed by atoms with Crippen molar-refractivity contribution in [3.63, 3.8) is 0 Å². The Labute approximate surface area is 125 Å². The fraction of sp³-hybridized carbons (Fsp3) is 0.533. The number of rotatable bonds is 2. The van der Waals surface area contributed by atoms with E-state index in [1.54, 1.807) is 0 Å². The summed E-state index contributed by atoms with van der Waals surface area (Å²) in [6.07, 6.45) is 2.95. The molecule has 1 unspecified atom stereocenters. The predicted molar refractivity (Wildman–Crippen MR) is 80.2 cm³/mol. The van der Waals surface area contributed by atoms with Crippen LogP contribution in [-0.2, 0) is 17.8 Å². The molecular weight excluding hydrogens is 276 g/mol. The number of ether oxygens (including phenoxy) is 1. The number of amides is 1. The summed E-state index contributed by atoms with van der Waals surface area (Å²) >= 11 is 0. The minimum absolute atomic E-state index is 0. The second kappa shape index (κ2) is 7.07. The molecular formula is C15H21ClN2O2. The third-order valence-electron chi connectivity index (χ3n) is 3.89. The Morgan fingerprint density at radius 3 is 2.95 bits per heavy atom. The second-order valence-electron chi connectivity index (χ2n) is 5.30. The van der Waals surface area contributed by atoms with Crippen LogP contribution in [0.4, 0.5) is 0 Å². The van der Waals surface area contributed by atoms with Gasteiger partial charge in [0.1, 0.15) is 0 Å². The average Bonchev–Trinajstić information content (AvgIpc) is 2.75. The van der Waals surface area contributed by atoms with Gasteiger partial charge >= 0.3 is 0 Å². The van der Waals surface area contributed by atoms with Crippen molar-refractivity contribution in [3.05, 3.63) is 34.9 Å². The molecule has 3 rings (SSSR count). The lowest BCUT2D eigenvalue weighted by atomic mass is 10.0. The third kappa shape index (κ3) is 3.51. The number of benzene rings is 1. The van der Waals surface area contributed by atoms with Crippen molar-refractivity contribution >= 4 is 18.3 Å². The number of nitrogens with one attached hydrogen (secondary N) is 2. The van der Waals surface area contributed by atoms with Crippen molar-refractivity contribution < 1.29 is 9.53 Å². The van der Waals surface area contributed by atoms with Crippen LogP contribution in [0, 0.1) is 0 Å². The lowest BCUT2D eigenvalue weighted by molar-refractivity contribution is 0.0929. The van der Waals surface area contributed by atoms with E-state index >= 15 is 0 Å². The fourth-order valence-electron chi connectivity index (χ4n) is 2.75. The van der Waals surface area contributed by atoms with Gasteiger partial charge in [-0.25, -0.2) is 0 Å². The molecule has 0 spiro atoms. The molecule has 5 heteroatoms. The van der Waals surface area contributed by atoms with Gasteiger partial charge < -0.3 is 15.4 Å². The highest BCUT2D eigenvalue weighted by Gasteiger charge is 2.17. The van der Waals surface area contributed by atoms with Gasteiger partial charge in [0.2, 0.25) is 0 Å². The van der Waals surface area contributed by atoms with Crippen LogP contribution in [0.2, 0.25) is 0 Å². The van der Waals surface area contributed by atoms with E-state index in [0.717, 1.165) is 51.1 Å². The highest BCUT2D eigenvalue weighted by atomic mass is 35.5. The molecule has 4 nitrogen and oxygen atoms in total. The molecule has 0 saturated carbocycles. The normalized spacial score (nSPS) is 21.5. The molecule has 1 aromatic carbocycles. The number of carbonyl (C=O) groups excluding carboxylic acids is 1. The Morgan fingerprint density at radius 2 is 2.05 bits per heavy atom. The van der Waals surface area contributed by atoms with Gasteiger partial charge in [-0.05, 0) is 42.5 Å². The van der Waals surface area contributed by atoms with Gasteiger partial charge in [0.05, 0.1) is 0 Å². The van der Waals surface area contributed by atoms with Gasteiger partial charge in [0.25, 0.3) is 5.91 Å². The summed E-state index contributed by atoms with van der Waals surface area (Å²) in [6.45, 7) is 3.35. The van der Waals surface area contributed by atoms with Crippen LogP contribution < -0.4 is 10.6 Å². The third-order valence-corrected chi connectivity index (χ3v) is 3.89. The van der Waals surface area contributed by atoms with E-state index in [1.165, 1.54) is 11.1 Å². The summed E-state index contributed by atoms with van der Waals surface area (Å²) in [5.74, 6) is 0.0431. The summed E-state index contributed by atoms with van der Waals surface area (Å²) in [5, 5.41) is 6.42. The zero-order valence-electron chi connectivity index (χ0n) is 11.5. The molecule has 2 aliphatic heterocycles. The number of hydrogen-bond acceptors (Lipinski definition) is 3. The lowest BCUT2D eigenvalue weighted by Crippen LogP contribution is -2.35. The van der Waals surface area contributed by atoms with Crippen molar-refractivity contribution in [3.8, 4) is 0 Å². The Bertz CT molecular complexity index is 471. The van der Waals surface area contributed by atoms with Crippen molar-refractivity contribution in [2.45, 2.75) is 38.4 Å². The molecule has 0 aliphatic carbocycles.